The number of anilines is 1. The molecule has 2 N–H and O–H groups in total. The van der Waals surface area contributed by atoms with Crippen LogP contribution in [0.25, 0.3) is 0 Å². The van der Waals surface area contributed by atoms with E-state index in [1.165, 1.54) is 10.9 Å². The number of ketones is 1. The van der Waals surface area contributed by atoms with E-state index in [1.54, 1.807) is 91.0 Å². The van der Waals surface area contributed by atoms with E-state index in [-0.39, 0.29) is 34.7 Å². The van der Waals surface area contributed by atoms with Crippen LogP contribution in [-0.2, 0) is 18.9 Å². The molecule has 3 heterocycles. The van der Waals surface area contributed by atoms with Crippen molar-refractivity contribution in [2.24, 2.45) is 0 Å². The van der Waals surface area contributed by atoms with E-state index >= 15 is 0 Å². The molecule has 228 valence electrons. The number of benzene rings is 3. The first-order chi connectivity index (χ1) is 21.9. The second-order valence-electron chi connectivity index (χ2n) is 10.1. The predicted molar refractivity (Wildman–Crippen MR) is 156 cm³/mol. The van der Waals surface area contributed by atoms with E-state index in [9.17, 15) is 24.0 Å². The van der Waals surface area contributed by atoms with Gasteiger partial charge in [0, 0.05) is 0 Å². The summed E-state index contributed by atoms with van der Waals surface area (Å²) in [6, 6.07) is 23.9. The van der Waals surface area contributed by atoms with E-state index < -0.39 is 60.9 Å². The third-order valence-electron chi connectivity index (χ3n) is 7.15. The van der Waals surface area contributed by atoms with Gasteiger partial charge in [0.15, 0.2) is 24.3 Å². The number of urea groups is 1. The minimum Gasteiger partial charge on any atom is -0.459 e. The second kappa shape index (κ2) is 12.8. The van der Waals surface area contributed by atoms with Crippen molar-refractivity contribution in [3.8, 4) is 0 Å². The largest absolute Gasteiger partial charge is 0.459 e. The standard InChI is InChI=1S/C32H26N4O9/c37-22-16-33-32(41)35-27-24(22)36(18-34-27)28-26(45-31(40)21-14-8-3-9-15-21)25(44-30(39)20-12-6-2-7-13-20)23(43-28)17-42-29(38)19-10-4-1-5-11-19/h1-15,18,23,25-26,28H,16-17H2,(H2,33,35,41)/t23-,25-,26-,28?/m1/s1. The summed E-state index contributed by atoms with van der Waals surface area (Å²) in [5, 5.41) is 4.91. The number of hydrogen-bond donors (Lipinski definition) is 2. The number of Topliss-reactive ketones (excluding diaryl/α,β-unsaturated/α-hetero) is 1. The van der Waals surface area contributed by atoms with Crippen molar-refractivity contribution < 1.29 is 42.9 Å². The second-order valence-corrected chi connectivity index (χ2v) is 10.1. The molecule has 2 aliphatic rings. The molecule has 1 saturated heterocycles. The Hall–Kier alpha value is -5.82. The third-order valence-corrected chi connectivity index (χ3v) is 7.15. The average molecular weight is 611 g/mol. The SMILES string of the molecule is O=C1NCC(=O)c2c(ncn2C2O[C@H](COC(=O)c3ccccc3)[C@@H](OC(=O)c3ccccc3)[C@H]2OC(=O)c2ccccc2)N1. The Morgan fingerprint density at radius 1 is 0.778 bits per heavy atom. The molecule has 3 aromatic carbocycles. The quantitative estimate of drug-likeness (QED) is 0.223. The molecular weight excluding hydrogens is 584 g/mol. The van der Waals surface area contributed by atoms with Crippen molar-refractivity contribution in [3.05, 3.63) is 120 Å². The number of aromatic nitrogens is 2. The Morgan fingerprint density at radius 3 is 1.89 bits per heavy atom. The highest BCUT2D eigenvalue weighted by atomic mass is 16.7. The molecule has 2 amide bonds. The van der Waals surface area contributed by atoms with E-state index in [0.717, 1.165) is 0 Å². The number of carbonyl (C=O) groups excluding carboxylic acids is 5. The predicted octanol–water partition coefficient (Wildman–Crippen LogP) is 3.41. The number of nitrogens with one attached hydrogen (secondary N) is 2. The molecule has 6 rings (SSSR count). The fraction of sp³-hybridized carbons (Fsp3) is 0.188. The average Bonchev–Trinajstić information content (AvgIpc) is 3.59. The molecule has 1 fully saturated rings. The van der Waals surface area contributed by atoms with Gasteiger partial charge < -0.3 is 24.3 Å². The van der Waals surface area contributed by atoms with Crippen LogP contribution in [0.15, 0.2) is 97.3 Å². The number of fused-ring (bicyclic) bond motifs is 1. The third kappa shape index (κ3) is 6.28. The summed E-state index contributed by atoms with van der Waals surface area (Å²) in [7, 11) is 0. The molecule has 13 heteroatoms. The number of carbonyl (C=O) groups is 5. The fourth-order valence-corrected chi connectivity index (χ4v) is 5.00. The van der Waals surface area contributed by atoms with Crippen molar-refractivity contribution in [1.29, 1.82) is 0 Å². The van der Waals surface area contributed by atoms with Gasteiger partial charge in [0.25, 0.3) is 0 Å². The lowest BCUT2D eigenvalue weighted by Gasteiger charge is -2.25. The number of rotatable bonds is 8. The summed E-state index contributed by atoms with van der Waals surface area (Å²) < 4.78 is 25.0. The lowest BCUT2D eigenvalue weighted by molar-refractivity contribution is -0.0625. The zero-order valence-corrected chi connectivity index (χ0v) is 23.5. The number of amides is 2. The highest BCUT2D eigenvalue weighted by molar-refractivity contribution is 6.07. The van der Waals surface area contributed by atoms with Gasteiger partial charge in [-0.05, 0) is 36.4 Å². The van der Waals surface area contributed by atoms with Crippen molar-refractivity contribution in [3.63, 3.8) is 0 Å². The van der Waals surface area contributed by atoms with Gasteiger partial charge in [0.05, 0.1) is 29.6 Å². The zero-order chi connectivity index (χ0) is 31.3. The smallest absolute Gasteiger partial charge is 0.338 e. The van der Waals surface area contributed by atoms with Gasteiger partial charge in [0.1, 0.15) is 18.4 Å². The summed E-state index contributed by atoms with van der Waals surface area (Å²) in [5.41, 5.74) is 0.676. The molecule has 0 saturated carbocycles. The van der Waals surface area contributed by atoms with Gasteiger partial charge in [-0.1, -0.05) is 54.6 Å². The van der Waals surface area contributed by atoms with Crippen LogP contribution in [0.3, 0.4) is 0 Å². The first kappa shape index (κ1) is 29.3. The van der Waals surface area contributed by atoms with E-state index in [1.807, 2.05) is 0 Å². The van der Waals surface area contributed by atoms with Gasteiger partial charge >= 0.3 is 23.9 Å². The zero-order valence-electron chi connectivity index (χ0n) is 23.5. The van der Waals surface area contributed by atoms with Crippen LogP contribution in [0.4, 0.5) is 10.6 Å². The molecule has 45 heavy (non-hydrogen) atoms. The Kier molecular flexibility index (Phi) is 8.33. The molecule has 0 spiro atoms. The molecule has 0 bridgehead atoms. The monoisotopic (exact) mass is 610 g/mol. The fourth-order valence-electron chi connectivity index (χ4n) is 5.00. The topological polar surface area (TPSA) is 164 Å². The normalized spacial score (nSPS) is 20.6. The van der Waals surface area contributed by atoms with Crippen LogP contribution in [0, 0.1) is 0 Å². The van der Waals surface area contributed by atoms with Gasteiger partial charge in [0.2, 0.25) is 5.78 Å². The summed E-state index contributed by atoms with van der Waals surface area (Å²) in [4.78, 5) is 68.9. The van der Waals surface area contributed by atoms with Crippen LogP contribution < -0.4 is 10.6 Å². The Balaban J connectivity index is 1.38. The van der Waals surface area contributed by atoms with Crippen LogP contribution in [-0.4, -0.2) is 70.7 Å². The van der Waals surface area contributed by atoms with Crippen molar-refractivity contribution in [1.82, 2.24) is 14.9 Å². The molecule has 4 atom stereocenters. The van der Waals surface area contributed by atoms with Crippen LogP contribution in [0.1, 0.15) is 47.8 Å². The Morgan fingerprint density at radius 2 is 1.31 bits per heavy atom. The summed E-state index contributed by atoms with van der Waals surface area (Å²) in [5.74, 6) is -2.71. The number of esters is 3. The molecule has 4 aromatic rings. The van der Waals surface area contributed by atoms with Crippen molar-refractivity contribution in [2.75, 3.05) is 18.5 Å². The van der Waals surface area contributed by atoms with Crippen LogP contribution in [0.2, 0.25) is 0 Å². The molecule has 0 aliphatic carbocycles. The van der Waals surface area contributed by atoms with Gasteiger partial charge in [-0.3, -0.25) is 14.7 Å². The highest BCUT2D eigenvalue weighted by Crippen LogP contribution is 2.37. The van der Waals surface area contributed by atoms with E-state index in [4.69, 9.17) is 18.9 Å². The molecule has 0 radical (unpaired) electrons. The number of nitrogens with zero attached hydrogens (tertiary/aromatic N) is 2. The van der Waals surface area contributed by atoms with E-state index in [2.05, 4.69) is 15.6 Å². The number of imidazole rings is 1. The van der Waals surface area contributed by atoms with Crippen LogP contribution in [0.5, 0.6) is 0 Å². The molecule has 1 unspecified atom stereocenters. The summed E-state index contributed by atoms with van der Waals surface area (Å²) in [6.07, 6.45) is -3.87. The molecule has 13 nitrogen and oxygen atoms in total. The lowest BCUT2D eigenvalue weighted by Crippen LogP contribution is -2.41. The van der Waals surface area contributed by atoms with E-state index in [0.29, 0.717) is 0 Å². The highest BCUT2D eigenvalue weighted by Gasteiger charge is 2.52. The molecule has 1 aromatic heterocycles. The first-order valence-corrected chi connectivity index (χ1v) is 13.9. The first-order valence-electron chi connectivity index (χ1n) is 13.9. The maximum Gasteiger partial charge on any atom is 0.338 e. The minimum atomic E-state index is -1.36. The minimum absolute atomic E-state index is 0.0332. The Labute approximate surface area is 256 Å². The molecule has 2 aliphatic heterocycles. The summed E-state index contributed by atoms with van der Waals surface area (Å²) in [6.45, 7) is -0.740. The van der Waals surface area contributed by atoms with Crippen LogP contribution >= 0.6 is 0 Å². The van der Waals surface area contributed by atoms with Gasteiger partial charge in [-0.15, -0.1) is 0 Å². The lowest BCUT2D eigenvalue weighted by atomic mass is 10.1. The molecular formula is C32H26N4O9. The van der Waals surface area contributed by atoms with Crippen molar-refractivity contribution in [2.45, 2.75) is 24.5 Å². The van der Waals surface area contributed by atoms with Gasteiger partial charge in [-0.2, -0.15) is 0 Å². The number of hydrogen-bond acceptors (Lipinski definition) is 10. The maximum absolute atomic E-state index is 13.4. The Bertz CT molecular complexity index is 1730. The number of ether oxygens (including phenoxy) is 4. The van der Waals surface area contributed by atoms with Crippen molar-refractivity contribution >= 4 is 35.5 Å². The maximum atomic E-state index is 13.4. The van der Waals surface area contributed by atoms with Gasteiger partial charge in [-0.25, -0.2) is 24.2 Å². The summed E-state index contributed by atoms with van der Waals surface area (Å²) >= 11 is 0.